The summed E-state index contributed by atoms with van der Waals surface area (Å²) in [5, 5.41) is 7.66. The summed E-state index contributed by atoms with van der Waals surface area (Å²) in [5.74, 6) is -0.365. The van der Waals surface area contributed by atoms with E-state index in [0.717, 1.165) is 0 Å². The second-order valence-corrected chi connectivity index (χ2v) is 5.81. The molecule has 3 rings (SSSR count). The molecule has 0 aliphatic rings. The van der Waals surface area contributed by atoms with Crippen LogP contribution in [0.5, 0.6) is 5.75 Å². The van der Waals surface area contributed by atoms with Crippen LogP contribution >= 0.6 is 0 Å². The van der Waals surface area contributed by atoms with Crippen molar-refractivity contribution in [2.75, 3.05) is 6.61 Å². The first kappa shape index (κ1) is 20.3. The highest BCUT2D eigenvalue weighted by Crippen LogP contribution is 2.12. The maximum absolute atomic E-state index is 12.1. The van der Waals surface area contributed by atoms with Gasteiger partial charge in [-0.05, 0) is 48.5 Å². The van der Waals surface area contributed by atoms with Crippen LogP contribution in [0.4, 0.5) is 0 Å². The molecule has 2 heterocycles. The predicted molar refractivity (Wildman–Crippen MR) is 111 cm³/mol. The number of aromatic nitrogens is 2. The molecule has 9 nitrogen and oxygen atoms in total. The molecule has 0 fully saturated rings. The second-order valence-electron chi connectivity index (χ2n) is 5.81. The molecule has 0 atom stereocenters. The smallest absolute Gasteiger partial charge is 0.277 e. The van der Waals surface area contributed by atoms with Crippen molar-refractivity contribution in [3.05, 3.63) is 90.0 Å². The number of nitrogens with one attached hydrogen (secondary N) is 2. The Balaban J connectivity index is 1.42. The number of benzene rings is 1. The van der Waals surface area contributed by atoms with Gasteiger partial charge in [0.25, 0.3) is 11.8 Å². The Bertz CT molecular complexity index is 1020. The molecule has 2 amide bonds. The molecule has 1 aromatic carbocycles. The monoisotopic (exact) mass is 402 g/mol. The molecule has 0 aliphatic heterocycles. The Kier molecular flexibility index (Phi) is 7.33. The molecule has 3 aromatic rings. The predicted octanol–water partition coefficient (Wildman–Crippen LogP) is 1.77. The highest BCUT2D eigenvalue weighted by atomic mass is 16.5. The van der Waals surface area contributed by atoms with E-state index in [1.165, 1.54) is 12.4 Å². The first-order valence-corrected chi connectivity index (χ1v) is 8.91. The molecule has 0 radical (unpaired) electrons. The lowest BCUT2D eigenvalue weighted by Gasteiger charge is -2.06. The van der Waals surface area contributed by atoms with Gasteiger partial charge in [0, 0.05) is 18.0 Å². The zero-order valence-electron chi connectivity index (χ0n) is 15.8. The fourth-order valence-electron chi connectivity index (χ4n) is 2.18. The summed E-state index contributed by atoms with van der Waals surface area (Å²) in [7, 11) is 0. The lowest BCUT2D eigenvalue weighted by atomic mass is 10.2. The van der Waals surface area contributed by atoms with Gasteiger partial charge in [-0.1, -0.05) is 12.1 Å². The number of hydrogen-bond acceptors (Lipinski definition) is 7. The molecule has 2 N–H and O–H groups in total. The Morgan fingerprint density at radius 1 is 0.833 bits per heavy atom. The van der Waals surface area contributed by atoms with Crippen molar-refractivity contribution in [3.8, 4) is 5.75 Å². The van der Waals surface area contributed by atoms with Gasteiger partial charge in [-0.3, -0.25) is 19.6 Å². The molecule has 0 bridgehead atoms. The summed E-state index contributed by atoms with van der Waals surface area (Å²) in [5.41, 5.74) is 6.41. The van der Waals surface area contributed by atoms with E-state index >= 15 is 0 Å². The zero-order chi connectivity index (χ0) is 21.0. The molecule has 0 aliphatic carbocycles. The molecule has 0 saturated heterocycles. The number of carbonyl (C=O) groups is 2. The lowest BCUT2D eigenvalue weighted by Crippen LogP contribution is -2.24. The average Bonchev–Trinajstić information content (AvgIpc) is 2.79. The van der Waals surface area contributed by atoms with Crippen LogP contribution in [-0.4, -0.2) is 40.8 Å². The number of nitrogens with zero attached hydrogens (tertiary/aromatic N) is 4. The van der Waals surface area contributed by atoms with E-state index in [1.807, 2.05) is 12.1 Å². The van der Waals surface area contributed by atoms with Crippen molar-refractivity contribution in [3.63, 3.8) is 0 Å². The maximum atomic E-state index is 12.1. The molecular weight excluding hydrogens is 384 g/mol. The van der Waals surface area contributed by atoms with Crippen molar-refractivity contribution in [1.29, 1.82) is 0 Å². The highest BCUT2D eigenvalue weighted by molar-refractivity contribution is 5.94. The zero-order valence-corrected chi connectivity index (χ0v) is 15.8. The molecule has 0 saturated carbocycles. The number of amides is 2. The quantitative estimate of drug-likeness (QED) is 0.440. The van der Waals surface area contributed by atoms with Crippen molar-refractivity contribution >= 4 is 24.2 Å². The normalized spacial score (nSPS) is 10.8. The van der Waals surface area contributed by atoms with Gasteiger partial charge >= 0.3 is 0 Å². The van der Waals surface area contributed by atoms with Gasteiger partial charge in [-0.25, -0.2) is 10.9 Å². The van der Waals surface area contributed by atoms with Crippen LogP contribution in [0.3, 0.4) is 0 Å². The minimum atomic E-state index is -0.423. The van der Waals surface area contributed by atoms with E-state index in [9.17, 15) is 9.59 Å². The van der Waals surface area contributed by atoms with Crippen LogP contribution in [0.2, 0.25) is 0 Å². The van der Waals surface area contributed by atoms with Crippen LogP contribution in [0.1, 0.15) is 21.7 Å². The topological polar surface area (TPSA) is 118 Å². The molecule has 9 heteroatoms. The number of ether oxygens (including phenoxy) is 1. The summed E-state index contributed by atoms with van der Waals surface area (Å²) in [6, 6.07) is 17.0. The number of hydrogen-bond donors (Lipinski definition) is 2. The molecule has 0 spiro atoms. The average molecular weight is 402 g/mol. The Labute approximate surface area is 172 Å². The standard InChI is InChI=1S/C21H18N6O3/c28-20(26-24-13-17-5-1-3-11-22-17)15-30-19-9-7-16(8-10-19)21(29)27-25-14-18-6-2-4-12-23-18/h1-14H,15H2,(H,26,28)(H,27,29)/b24-13+,25-14+. The van der Waals surface area contributed by atoms with Gasteiger partial charge in [0.05, 0.1) is 23.8 Å². The number of hydrazone groups is 2. The summed E-state index contributed by atoms with van der Waals surface area (Å²) in [4.78, 5) is 32.0. The SMILES string of the molecule is O=C(COc1ccc(C(=O)N/N=C/c2ccccn2)cc1)N/N=C/c1ccccn1. The van der Waals surface area contributed by atoms with E-state index in [0.29, 0.717) is 22.7 Å². The Hall–Kier alpha value is -4.40. The van der Waals surface area contributed by atoms with Gasteiger partial charge in [0.2, 0.25) is 0 Å². The molecule has 30 heavy (non-hydrogen) atoms. The first-order valence-electron chi connectivity index (χ1n) is 8.91. The van der Waals surface area contributed by atoms with E-state index in [-0.39, 0.29) is 12.5 Å². The molecule has 0 unspecified atom stereocenters. The summed E-state index contributed by atoms with van der Waals surface area (Å²) < 4.78 is 5.37. The number of carbonyl (C=O) groups excluding carboxylic acids is 2. The van der Waals surface area contributed by atoms with Crippen LogP contribution in [-0.2, 0) is 4.79 Å². The summed E-state index contributed by atoms with van der Waals surface area (Å²) in [6.07, 6.45) is 6.14. The fourth-order valence-corrected chi connectivity index (χ4v) is 2.18. The third-order valence-corrected chi connectivity index (χ3v) is 3.61. The van der Waals surface area contributed by atoms with Crippen molar-refractivity contribution in [2.45, 2.75) is 0 Å². The molecule has 2 aromatic heterocycles. The maximum Gasteiger partial charge on any atom is 0.277 e. The molecule has 150 valence electrons. The van der Waals surface area contributed by atoms with E-state index < -0.39 is 5.91 Å². The van der Waals surface area contributed by atoms with E-state index in [2.05, 4.69) is 31.0 Å². The Morgan fingerprint density at radius 3 is 2.00 bits per heavy atom. The van der Waals surface area contributed by atoms with Gasteiger partial charge in [0.15, 0.2) is 6.61 Å². The third-order valence-electron chi connectivity index (χ3n) is 3.61. The van der Waals surface area contributed by atoms with Crippen molar-refractivity contribution < 1.29 is 14.3 Å². The fraction of sp³-hybridized carbons (Fsp3) is 0.0476. The molecular formula is C21H18N6O3. The lowest BCUT2D eigenvalue weighted by molar-refractivity contribution is -0.123. The van der Waals surface area contributed by atoms with Gasteiger partial charge in [-0.2, -0.15) is 10.2 Å². The van der Waals surface area contributed by atoms with Crippen LogP contribution in [0, 0.1) is 0 Å². The minimum absolute atomic E-state index is 0.223. The Morgan fingerprint density at radius 2 is 1.43 bits per heavy atom. The second kappa shape index (κ2) is 10.8. The minimum Gasteiger partial charge on any atom is -0.484 e. The number of rotatable bonds is 8. The van der Waals surface area contributed by atoms with Crippen LogP contribution in [0.25, 0.3) is 0 Å². The van der Waals surface area contributed by atoms with Crippen LogP contribution in [0.15, 0.2) is 83.3 Å². The van der Waals surface area contributed by atoms with Gasteiger partial charge in [-0.15, -0.1) is 0 Å². The van der Waals surface area contributed by atoms with Gasteiger partial charge < -0.3 is 4.74 Å². The highest BCUT2D eigenvalue weighted by Gasteiger charge is 2.06. The van der Waals surface area contributed by atoms with Gasteiger partial charge in [0.1, 0.15) is 5.75 Å². The first-order chi connectivity index (χ1) is 14.7. The van der Waals surface area contributed by atoms with E-state index in [1.54, 1.807) is 60.9 Å². The number of pyridine rings is 2. The third kappa shape index (κ3) is 6.64. The van der Waals surface area contributed by atoms with Crippen molar-refractivity contribution in [1.82, 2.24) is 20.8 Å². The van der Waals surface area contributed by atoms with Crippen LogP contribution < -0.4 is 15.6 Å². The largest absolute Gasteiger partial charge is 0.484 e. The van der Waals surface area contributed by atoms with E-state index in [4.69, 9.17) is 4.74 Å². The van der Waals surface area contributed by atoms with Crippen molar-refractivity contribution in [2.24, 2.45) is 10.2 Å². The summed E-state index contributed by atoms with van der Waals surface area (Å²) >= 11 is 0. The summed E-state index contributed by atoms with van der Waals surface area (Å²) in [6.45, 7) is -0.223.